The van der Waals surface area contributed by atoms with Crippen molar-refractivity contribution in [1.82, 2.24) is 24.9 Å². The predicted octanol–water partition coefficient (Wildman–Crippen LogP) is 2.84. The minimum absolute atomic E-state index is 0.302. The Morgan fingerprint density at radius 2 is 2.12 bits per heavy atom. The van der Waals surface area contributed by atoms with E-state index in [9.17, 15) is 9.18 Å². The van der Waals surface area contributed by atoms with Crippen LogP contribution in [0.5, 0.6) is 0 Å². The number of benzene rings is 1. The average molecular weight is 323 g/mol. The third kappa shape index (κ3) is 2.30. The summed E-state index contributed by atoms with van der Waals surface area (Å²) in [6.07, 6.45) is 1.84. The maximum absolute atomic E-state index is 13.7. The number of halogens is 1. The van der Waals surface area contributed by atoms with Crippen LogP contribution in [0.4, 0.5) is 4.39 Å². The molecule has 24 heavy (non-hydrogen) atoms. The predicted molar refractivity (Wildman–Crippen MR) is 87.1 cm³/mol. The van der Waals surface area contributed by atoms with Crippen LogP contribution in [0.1, 0.15) is 29.3 Å². The molecule has 0 aliphatic carbocycles. The molecular weight excluding hydrogens is 309 g/mol. The van der Waals surface area contributed by atoms with Crippen LogP contribution in [-0.4, -0.2) is 25.5 Å². The van der Waals surface area contributed by atoms with E-state index < -0.39 is 0 Å². The van der Waals surface area contributed by atoms with E-state index in [0.29, 0.717) is 28.1 Å². The zero-order chi connectivity index (χ0) is 16.7. The van der Waals surface area contributed by atoms with Gasteiger partial charge in [-0.25, -0.2) is 4.39 Å². The first-order valence-electron chi connectivity index (χ1n) is 7.51. The fraction of sp³-hybridized carbons (Fsp3) is 0.118. The second-order valence-electron chi connectivity index (χ2n) is 5.57. The second-order valence-corrected chi connectivity index (χ2v) is 5.57. The number of amides is 1. The molecule has 0 bridgehead atoms. The molecule has 3 aromatic heterocycles. The molecular formula is C17H14FN5O. The lowest BCUT2D eigenvalue weighted by molar-refractivity contribution is 0.0934. The second kappa shape index (κ2) is 5.45. The van der Waals surface area contributed by atoms with Gasteiger partial charge in [-0.2, -0.15) is 0 Å². The highest BCUT2D eigenvalue weighted by Gasteiger charge is 2.18. The SMILES string of the molecule is CC(NC(=O)c1cc2c(F)cccc2[nH]1)c1nnc2ccccn12. The van der Waals surface area contributed by atoms with Crippen LogP contribution in [0, 0.1) is 5.82 Å². The maximum Gasteiger partial charge on any atom is 0.268 e. The van der Waals surface area contributed by atoms with Crippen molar-refractivity contribution in [3.63, 3.8) is 0 Å². The standard InChI is InChI=1S/C17H14FN5O/c1-10(16-22-21-15-7-2-3-8-23(15)16)19-17(24)14-9-11-12(18)5-4-6-13(11)20-14/h2-10,20H,1H3,(H,19,24). The first-order valence-corrected chi connectivity index (χ1v) is 7.51. The van der Waals surface area contributed by atoms with Gasteiger partial charge in [-0.3, -0.25) is 9.20 Å². The highest BCUT2D eigenvalue weighted by atomic mass is 19.1. The Hall–Kier alpha value is -3.22. The van der Waals surface area contributed by atoms with E-state index >= 15 is 0 Å². The molecule has 0 saturated heterocycles. The minimum atomic E-state index is -0.362. The Balaban J connectivity index is 1.61. The monoisotopic (exact) mass is 323 g/mol. The first-order chi connectivity index (χ1) is 11.6. The molecule has 7 heteroatoms. The molecule has 4 aromatic rings. The van der Waals surface area contributed by atoms with E-state index in [1.807, 2.05) is 35.7 Å². The molecule has 1 atom stereocenters. The van der Waals surface area contributed by atoms with Gasteiger partial charge in [0.05, 0.1) is 6.04 Å². The van der Waals surface area contributed by atoms with Crippen molar-refractivity contribution in [3.8, 4) is 0 Å². The van der Waals surface area contributed by atoms with E-state index in [1.165, 1.54) is 12.1 Å². The van der Waals surface area contributed by atoms with Gasteiger partial charge in [0.1, 0.15) is 11.5 Å². The van der Waals surface area contributed by atoms with Gasteiger partial charge in [-0.15, -0.1) is 10.2 Å². The van der Waals surface area contributed by atoms with Crippen molar-refractivity contribution in [2.45, 2.75) is 13.0 Å². The minimum Gasteiger partial charge on any atom is -0.350 e. The number of fused-ring (bicyclic) bond motifs is 2. The molecule has 1 amide bonds. The van der Waals surface area contributed by atoms with Gasteiger partial charge in [0, 0.05) is 17.1 Å². The largest absolute Gasteiger partial charge is 0.350 e. The van der Waals surface area contributed by atoms with Crippen LogP contribution in [0.15, 0.2) is 48.7 Å². The van der Waals surface area contributed by atoms with Gasteiger partial charge in [0.25, 0.3) is 5.91 Å². The number of carbonyl (C=O) groups is 1. The van der Waals surface area contributed by atoms with Crippen LogP contribution in [-0.2, 0) is 0 Å². The van der Waals surface area contributed by atoms with Gasteiger partial charge < -0.3 is 10.3 Å². The zero-order valence-electron chi connectivity index (χ0n) is 12.8. The van der Waals surface area contributed by atoms with Crippen LogP contribution in [0.25, 0.3) is 16.6 Å². The summed E-state index contributed by atoms with van der Waals surface area (Å²) >= 11 is 0. The summed E-state index contributed by atoms with van der Waals surface area (Å²) in [5.74, 6) is -0.0636. The fourth-order valence-electron chi connectivity index (χ4n) is 2.73. The van der Waals surface area contributed by atoms with Gasteiger partial charge in [0.15, 0.2) is 11.5 Å². The topological polar surface area (TPSA) is 75.1 Å². The molecule has 0 aliphatic rings. The Morgan fingerprint density at radius 1 is 1.25 bits per heavy atom. The van der Waals surface area contributed by atoms with Crippen molar-refractivity contribution in [2.75, 3.05) is 0 Å². The zero-order valence-corrected chi connectivity index (χ0v) is 12.8. The van der Waals surface area contributed by atoms with Crippen LogP contribution in [0.2, 0.25) is 0 Å². The maximum atomic E-state index is 13.7. The Kier molecular flexibility index (Phi) is 3.26. The quantitative estimate of drug-likeness (QED) is 0.609. The molecule has 0 fully saturated rings. The molecule has 3 heterocycles. The molecule has 0 saturated carbocycles. The van der Waals surface area contributed by atoms with Crippen LogP contribution < -0.4 is 5.32 Å². The number of carbonyl (C=O) groups excluding carboxylic acids is 1. The lowest BCUT2D eigenvalue weighted by atomic mass is 10.2. The highest BCUT2D eigenvalue weighted by Crippen LogP contribution is 2.19. The summed E-state index contributed by atoms with van der Waals surface area (Å²) in [5.41, 5.74) is 1.60. The molecule has 0 spiro atoms. The van der Waals surface area contributed by atoms with E-state index in [0.717, 1.165) is 0 Å². The molecule has 0 aliphatic heterocycles. The Bertz CT molecular complexity index is 1050. The Labute approximate surface area is 136 Å². The van der Waals surface area contributed by atoms with Crippen molar-refractivity contribution < 1.29 is 9.18 Å². The summed E-state index contributed by atoms with van der Waals surface area (Å²) in [7, 11) is 0. The van der Waals surface area contributed by atoms with E-state index in [2.05, 4.69) is 20.5 Å². The third-order valence-corrected chi connectivity index (χ3v) is 3.93. The number of nitrogens with one attached hydrogen (secondary N) is 2. The lowest BCUT2D eigenvalue weighted by Gasteiger charge is -2.11. The number of rotatable bonds is 3. The summed E-state index contributed by atoms with van der Waals surface area (Å²) in [6, 6.07) is 11.4. The highest BCUT2D eigenvalue weighted by molar-refractivity contribution is 5.98. The molecule has 1 unspecified atom stereocenters. The van der Waals surface area contributed by atoms with Gasteiger partial charge >= 0.3 is 0 Å². The number of hydrogen-bond donors (Lipinski definition) is 2. The van der Waals surface area contributed by atoms with Crippen LogP contribution in [0.3, 0.4) is 0 Å². The summed E-state index contributed by atoms with van der Waals surface area (Å²) in [6.45, 7) is 1.82. The molecule has 1 aromatic carbocycles. The number of aromatic amines is 1. The number of H-pyrrole nitrogens is 1. The normalized spacial score (nSPS) is 12.6. The van der Waals surface area contributed by atoms with Gasteiger partial charge in [0.2, 0.25) is 0 Å². The van der Waals surface area contributed by atoms with Gasteiger partial charge in [-0.05, 0) is 37.3 Å². The third-order valence-electron chi connectivity index (χ3n) is 3.93. The molecule has 120 valence electrons. The molecule has 6 nitrogen and oxygen atoms in total. The summed E-state index contributed by atoms with van der Waals surface area (Å²) in [5, 5.41) is 11.4. The Morgan fingerprint density at radius 3 is 2.96 bits per heavy atom. The van der Waals surface area contributed by atoms with Crippen molar-refractivity contribution in [2.24, 2.45) is 0 Å². The number of nitrogens with zero attached hydrogens (tertiary/aromatic N) is 3. The molecule has 2 N–H and O–H groups in total. The summed E-state index contributed by atoms with van der Waals surface area (Å²) in [4.78, 5) is 15.4. The van der Waals surface area contributed by atoms with E-state index in [4.69, 9.17) is 0 Å². The van der Waals surface area contributed by atoms with Crippen LogP contribution >= 0.6 is 0 Å². The molecule has 4 rings (SSSR count). The van der Waals surface area contributed by atoms with E-state index in [-0.39, 0.29) is 17.8 Å². The number of aromatic nitrogens is 4. The average Bonchev–Trinajstić information content (AvgIpc) is 3.19. The number of hydrogen-bond acceptors (Lipinski definition) is 3. The smallest absolute Gasteiger partial charge is 0.268 e. The first kappa shape index (κ1) is 14.4. The fourth-order valence-corrected chi connectivity index (χ4v) is 2.73. The number of pyridine rings is 1. The van der Waals surface area contributed by atoms with Crippen molar-refractivity contribution in [3.05, 3.63) is 66.0 Å². The van der Waals surface area contributed by atoms with Crippen molar-refractivity contribution >= 4 is 22.5 Å². The van der Waals surface area contributed by atoms with E-state index in [1.54, 1.807) is 12.1 Å². The summed E-state index contributed by atoms with van der Waals surface area (Å²) < 4.78 is 15.6. The van der Waals surface area contributed by atoms with Gasteiger partial charge in [-0.1, -0.05) is 12.1 Å². The molecule has 0 radical (unpaired) electrons. The van der Waals surface area contributed by atoms with Crippen molar-refractivity contribution in [1.29, 1.82) is 0 Å². The lowest BCUT2D eigenvalue weighted by Crippen LogP contribution is -2.28.